The van der Waals surface area contributed by atoms with E-state index in [9.17, 15) is 19.8 Å². The Hall–Kier alpha value is -1.84. The van der Waals surface area contributed by atoms with Crippen molar-refractivity contribution in [3.8, 4) is 0 Å². The summed E-state index contributed by atoms with van der Waals surface area (Å²) in [6, 6.07) is 0. The molecule has 0 spiro atoms. The van der Waals surface area contributed by atoms with E-state index in [1.54, 1.807) is 0 Å². The number of aliphatic hydroxyl groups excluding tert-OH is 4. The zero-order valence-corrected chi connectivity index (χ0v) is 9.23. The summed E-state index contributed by atoms with van der Waals surface area (Å²) < 4.78 is 8.67. The Morgan fingerprint density at radius 2 is 2.11 bits per heavy atom. The quantitative estimate of drug-likeness (QED) is 0.282. The van der Waals surface area contributed by atoms with Gasteiger partial charge in [-0.15, -0.1) is 0 Å². The van der Waals surface area contributed by atoms with E-state index in [1.807, 2.05) is 0 Å². The fourth-order valence-electron chi connectivity index (χ4n) is 1.18. The van der Waals surface area contributed by atoms with Crippen LogP contribution in [0.15, 0.2) is 11.5 Å². The lowest BCUT2D eigenvalue weighted by molar-refractivity contribution is -0.263. The molecule has 1 unspecified atom stereocenters. The van der Waals surface area contributed by atoms with Crippen LogP contribution in [0.25, 0.3) is 0 Å². The number of ether oxygens (including phenoxy) is 2. The summed E-state index contributed by atoms with van der Waals surface area (Å²) in [5.74, 6) is -7.73. The predicted octanol–water partition coefficient (Wildman–Crippen LogP) is -2.16. The first-order chi connectivity index (χ1) is 8.23. The molecule has 0 saturated heterocycles. The molecule has 0 saturated carbocycles. The molecule has 1 aliphatic heterocycles. The lowest BCUT2D eigenvalue weighted by atomic mass is 10.1. The second kappa shape index (κ2) is 4.80. The van der Waals surface area contributed by atoms with Gasteiger partial charge in [0, 0.05) is 0 Å². The minimum Gasteiger partial charge on any atom is -0.505 e. The molecule has 0 bridgehead atoms. The smallest absolute Gasteiger partial charge is 0.378 e. The van der Waals surface area contributed by atoms with E-state index in [2.05, 4.69) is 9.47 Å². The average Bonchev–Trinajstić information content (AvgIpc) is 2.57. The van der Waals surface area contributed by atoms with E-state index in [1.165, 1.54) is 0 Å². The first-order valence-corrected chi connectivity index (χ1v) is 4.80. The molecule has 1 rings (SSSR count). The molecular weight excluding hydrogens is 252 g/mol. The van der Waals surface area contributed by atoms with Gasteiger partial charge in [0.15, 0.2) is 5.76 Å². The number of esters is 2. The maximum Gasteiger partial charge on any atom is 0.378 e. The van der Waals surface area contributed by atoms with E-state index in [0.29, 0.717) is 0 Å². The third kappa shape index (κ3) is 2.37. The minimum absolute atomic E-state index is 1.04. The fourth-order valence-corrected chi connectivity index (χ4v) is 1.18. The second-order valence-corrected chi connectivity index (χ2v) is 3.62. The number of aliphatic hydroxyl groups is 5. The fraction of sp³-hybridized carbons (Fsp3) is 0.556. The maximum absolute atomic E-state index is 11.1. The molecule has 5 N–H and O–H groups in total. The van der Waals surface area contributed by atoms with Gasteiger partial charge >= 0.3 is 11.9 Å². The van der Waals surface area contributed by atoms with Crippen LogP contribution in [-0.2, 0) is 19.1 Å². The highest BCUT2D eigenvalue weighted by atomic mass is 16.7. The summed E-state index contributed by atoms with van der Waals surface area (Å²) in [6.45, 7) is -0.200. The van der Waals surface area contributed by atoms with E-state index in [-0.39, 0.29) is 0 Å². The van der Waals surface area contributed by atoms with Crippen molar-refractivity contribution in [3.05, 3.63) is 11.5 Å². The largest absolute Gasteiger partial charge is 0.505 e. The number of carbonyl (C=O) groups is 2. The van der Waals surface area contributed by atoms with Gasteiger partial charge in [0.2, 0.25) is 11.9 Å². The lowest BCUT2D eigenvalue weighted by Crippen LogP contribution is -2.52. The Morgan fingerprint density at radius 3 is 2.44 bits per heavy atom. The summed E-state index contributed by atoms with van der Waals surface area (Å²) in [6.07, 6.45) is -3.59. The van der Waals surface area contributed by atoms with Crippen molar-refractivity contribution in [2.24, 2.45) is 0 Å². The van der Waals surface area contributed by atoms with Gasteiger partial charge in [0.05, 0.1) is 0 Å². The molecule has 1 heterocycles. The van der Waals surface area contributed by atoms with Gasteiger partial charge in [-0.25, -0.2) is 9.59 Å². The number of hydrogen-bond acceptors (Lipinski definition) is 9. The molecule has 0 amide bonds. The molecule has 0 aliphatic carbocycles. The molecule has 9 nitrogen and oxygen atoms in total. The summed E-state index contributed by atoms with van der Waals surface area (Å²) in [7, 11) is 0. The van der Waals surface area contributed by atoms with Crippen molar-refractivity contribution in [3.63, 3.8) is 0 Å². The Balaban J connectivity index is 2.97. The summed E-state index contributed by atoms with van der Waals surface area (Å²) in [5, 5.41) is 45.9. The number of hydrogen-bond donors (Lipinski definition) is 5. The molecule has 18 heavy (non-hydrogen) atoms. The zero-order chi connectivity index (χ0) is 14.1. The van der Waals surface area contributed by atoms with Crippen LogP contribution in [0.1, 0.15) is 6.92 Å². The topological polar surface area (TPSA) is 154 Å². The van der Waals surface area contributed by atoms with Gasteiger partial charge in [-0.05, 0) is 6.92 Å². The van der Waals surface area contributed by atoms with E-state index < -0.39 is 48.1 Å². The van der Waals surface area contributed by atoms with Crippen molar-refractivity contribution in [2.45, 2.75) is 24.9 Å². The van der Waals surface area contributed by atoms with Crippen LogP contribution in [0.3, 0.4) is 0 Å². The highest BCUT2D eigenvalue weighted by Gasteiger charge is 2.52. The van der Waals surface area contributed by atoms with Crippen molar-refractivity contribution < 1.29 is 44.6 Å². The van der Waals surface area contributed by atoms with Gasteiger partial charge in [0.25, 0.3) is 5.79 Å². The molecule has 0 fully saturated rings. The van der Waals surface area contributed by atoms with Gasteiger partial charge < -0.3 is 35.0 Å². The number of cyclic esters (lactones) is 1. The van der Waals surface area contributed by atoms with Crippen molar-refractivity contribution in [2.75, 3.05) is 6.61 Å². The van der Waals surface area contributed by atoms with E-state index >= 15 is 0 Å². The minimum atomic E-state index is -2.81. The van der Waals surface area contributed by atoms with Crippen molar-refractivity contribution >= 4 is 11.9 Å². The SMILES string of the molecule is CC(O)C(=O)O[C@](O)(CO)[C@H]1OC(=O)C(O)=C1O. The zero-order valence-electron chi connectivity index (χ0n) is 9.23. The third-order valence-electron chi connectivity index (χ3n) is 2.16. The van der Waals surface area contributed by atoms with Crippen LogP contribution in [0.4, 0.5) is 0 Å². The first-order valence-electron chi connectivity index (χ1n) is 4.80. The molecule has 3 atom stereocenters. The van der Waals surface area contributed by atoms with E-state index in [0.717, 1.165) is 6.92 Å². The van der Waals surface area contributed by atoms with Crippen LogP contribution in [-0.4, -0.2) is 62.1 Å². The van der Waals surface area contributed by atoms with Gasteiger partial charge in [0.1, 0.15) is 12.7 Å². The van der Waals surface area contributed by atoms with Gasteiger partial charge in [-0.2, -0.15) is 0 Å². The van der Waals surface area contributed by atoms with Crippen molar-refractivity contribution in [1.29, 1.82) is 0 Å². The Labute approximate surface area is 100 Å². The highest BCUT2D eigenvalue weighted by Crippen LogP contribution is 2.29. The van der Waals surface area contributed by atoms with Gasteiger partial charge in [-0.1, -0.05) is 0 Å². The van der Waals surface area contributed by atoms with Crippen LogP contribution in [0.5, 0.6) is 0 Å². The monoisotopic (exact) mass is 264 g/mol. The third-order valence-corrected chi connectivity index (χ3v) is 2.16. The standard InChI is InChI=1S/C9H12O9/c1-3(11)7(14)18-9(16,2-10)6-4(12)5(13)8(15)17-6/h3,6,10-13,16H,2H2,1H3/t3?,6-,9+/m0/s1. The number of rotatable bonds is 4. The van der Waals surface area contributed by atoms with Crippen LogP contribution < -0.4 is 0 Å². The molecule has 9 heteroatoms. The van der Waals surface area contributed by atoms with Crippen LogP contribution in [0.2, 0.25) is 0 Å². The Kier molecular flexibility index (Phi) is 3.79. The first kappa shape index (κ1) is 14.2. The summed E-state index contributed by atoms with van der Waals surface area (Å²) in [4.78, 5) is 22.0. The molecule has 0 aromatic carbocycles. The van der Waals surface area contributed by atoms with Gasteiger partial charge in [-0.3, -0.25) is 0 Å². The Bertz CT molecular complexity index is 399. The highest BCUT2D eigenvalue weighted by molar-refractivity contribution is 5.89. The van der Waals surface area contributed by atoms with Crippen LogP contribution in [0, 0.1) is 0 Å². The second-order valence-electron chi connectivity index (χ2n) is 3.62. The maximum atomic E-state index is 11.1. The summed E-state index contributed by atoms with van der Waals surface area (Å²) >= 11 is 0. The molecule has 0 aromatic heterocycles. The lowest BCUT2D eigenvalue weighted by Gasteiger charge is -2.30. The van der Waals surface area contributed by atoms with E-state index in [4.69, 9.17) is 15.3 Å². The number of carbonyl (C=O) groups excluding carboxylic acids is 2. The Morgan fingerprint density at radius 1 is 1.56 bits per heavy atom. The molecular formula is C9H12O9. The summed E-state index contributed by atoms with van der Waals surface area (Å²) in [5.41, 5.74) is 0. The van der Waals surface area contributed by atoms with Crippen molar-refractivity contribution in [1.82, 2.24) is 0 Å². The molecule has 0 aromatic rings. The molecule has 1 aliphatic rings. The molecule has 102 valence electrons. The normalized spacial score (nSPS) is 24.4. The molecule has 0 radical (unpaired) electrons. The average molecular weight is 264 g/mol. The predicted molar refractivity (Wildman–Crippen MR) is 52.0 cm³/mol. The van der Waals surface area contributed by atoms with Crippen LogP contribution >= 0.6 is 0 Å².